The molecule has 0 atom stereocenters. The van der Waals surface area contributed by atoms with Crippen LogP contribution in [0.1, 0.15) is 69.0 Å². The lowest BCUT2D eigenvalue weighted by molar-refractivity contribution is -0.135. The Morgan fingerprint density at radius 3 is 2.59 bits per heavy atom. The first-order valence-corrected chi connectivity index (χ1v) is 12.8. The fourth-order valence-electron chi connectivity index (χ4n) is 4.89. The Balaban J connectivity index is 1.52. The zero-order chi connectivity index (χ0) is 24.2. The lowest BCUT2D eigenvalue weighted by atomic mass is 9.82. The Bertz CT molecular complexity index is 833. The SMILES string of the molecule is CCCCN(C)Cc1cn[nH]c1C1CCC(N(CCOC)C(=O)CCOc2ccccc2)CC1. The maximum absolute atomic E-state index is 13.1. The molecule has 3 rings (SSSR count). The first kappa shape index (κ1) is 26.2. The molecule has 1 heterocycles. The molecule has 0 spiro atoms. The van der Waals surface area contributed by atoms with Crippen LogP contribution in [0.5, 0.6) is 5.75 Å². The van der Waals surface area contributed by atoms with Crippen molar-refractivity contribution in [2.24, 2.45) is 0 Å². The number of unbranched alkanes of at least 4 members (excludes halogenated alkanes) is 1. The average molecular weight is 471 g/mol. The Labute approximate surface area is 204 Å². The van der Waals surface area contributed by atoms with Gasteiger partial charge in [-0.3, -0.25) is 9.89 Å². The molecule has 0 unspecified atom stereocenters. The molecule has 34 heavy (non-hydrogen) atoms. The van der Waals surface area contributed by atoms with Crippen LogP contribution in [-0.2, 0) is 16.1 Å². The number of benzene rings is 1. The average Bonchev–Trinajstić information content (AvgIpc) is 3.32. The number of carbonyl (C=O) groups is 1. The maximum Gasteiger partial charge on any atom is 0.226 e. The Morgan fingerprint density at radius 1 is 1.12 bits per heavy atom. The van der Waals surface area contributed by atoms with Gasteiger partial charge in [0.05, 0.1) is 25.8 Å². The van der Waals surface area contributed by atoms with Crippen LogP contribution in [0.15, 0.2) is 36.5 Å². The fourth-order valence-corrected chi connectivity index (χ4v) is 4.89. The van der Waals surface area contributed by atoms with E-state index in [-0.39, 0.29) is 11.9 Å². The van der Waals surface area contributed by atoms with Gasteiger partial charge in [0.25, 0.3) is 0 Å². The number of aromatic nitrogens is 2. The van der Waals surface area contributed by atoms with Crippen LogP contribution in [0.2, 0.25) is 0 Å². The van der Waals surface area contributed by atoms with E-state index in [2.05, 4.69) is 29.1 Å². The molecule has 1 fully saturated rings. The summed E-state index contributed by atoms with van der Waals surface area (Å²) in [6.45, 7) is 5.86. The zero-order valence-electron chi connectivity index (χ0n) is 21.2. The van der Waals surface area contributed by atoms with Crippen molar-refractivity contribution in [3.05, 3.63) is 47.8 Å². The smallest absolute Gasteiger partial charge is 0.226 e. The van der Waals surface area contributed by atoms with Crippen molar-refractivity contribution in [3.63, 3.8) is 0 Å². The summed E-state index contributed by atoms with van der Waals surface area (Å²) in [6, 6.07) is 9.93. The summed E-state index contributed by atoms with van der Waals surface area (Å²) in [5, 5.41) is 7.65. The summed E-state index contributed by atoms with van der Waals surface area (Å²) < 4.78 is 11.1. The van der Waals surface area contributed by atoms with Crippen molar-refractivity contribution in [2.45, 2.75) is 70.4 Å². The van der Waals surface area contributed by atoms with E-state index < -0.39 is 0 Å². The number of para-hydroxylation sites is 1. The van der Waals surface area contributed by atoms with Crippen LogP contribution in [0.25, 0.3) is 0 Å². The van der Waals surface area contributed by atoms with Gasteiger partial charge < -0.3 is 19.3 Å². The molecule has 0 aliphatic heterocycles. The highest BCUT2D eigenvalue weighted by Gasteiger charge is 2.30. The molecule has 1 saturated carbocycles. The Hall–Kier alpha value is -2.38. The van der Waals surface area contributed by atoms with Crippen LogP contribution in [0, 0.1) is 0 Å². The molecule has 1 amide bonds. The van der Waals surface area contributed by atoms with Gasteiger partial charge in [-0.1, -0.05) is 31.5 Å². The number of carbonyl (C=O) groups excluding carboxylic acids is 1. The standard InChI is InChI=1S/C27H42N4O3/c1-4-5-16-30(2)21-23-20-28-29-27(23)22-11-13-24(14-12-22)31(17-19-33-3)26(32)15-18-34-25-9-7-6-8-10-25/h6-10,20,22,24H,4-5,11-19,21H2,1-3H3,(H,28,29). The van der Waals surface area contributed by atoms with Crippen LogP contribution >= 0.6 is 0 Å². The maximum atomic E-state index is 13.1. The number of H-pyrrole nitrogens is 1. The molecule has 1 aliphatic carbocycles. The minimum Gasteiger partial charge on any atom is -0.493 e. The van der Waals surface area contributed by atoms with Gasteiger partial charge in [0.15, 0.2) is 0 Å². The van der Waals surface area contributed by atoms with Gasteiger partial charge in [0.2, 0.25) is 5.91 Å². The zero-order valence-corrected chi connectivity index (χ0v) is 21.2. The largest absolute Gasteiger partial charge is 0.493 e. The van der Waals surface area contributed by atoms with Gasteiger partial charge in [0.1, 0.15) is 5.75 Å². The molecule has 2 aromatic rings. The molecule has 7 heteroatoms. The lowest BCUT2D eigenvalue weighted by Gasteiger charge is -2.37. The molecule has 0 bridgehead atoms. The second-order valence-corrected chi connectivity index (χ2v) is 9.40. The quantitative estimate of drug-likeness (QED) is 0.437. The number of aromatic amines is 1. The van der Waals surface area contributed by atoms with E-state index in [0.29, 0.717) is 32.1 Å². The third kappa shape index (κ3) is 7.84. The number of ether oxygens (including phenoxy) is 2. The normalized spacial score (nSPS) is 18.2. The molecule has 7 nitrogen and oxygen atoms in total. The van der Waals surface area contributed by atoms with Crippen LogP contribution in [0.4, 0.5) is 0 Å². The molecule has 1 aliphatic rings. The lowest BCUT2D eigenvalue weighted by Crippen LogP contribution is -2.44. The minimum atomic E-state index is 0.149. The second kappa shape index (κ2) is 14.1. The van der Waals surface area contributed by atoms with Crippen molar-refractivity contribution in [1.82, 2.24) is 20.0 Å². The number of amides is 1. The highest BCUT2D eigenvalue weighted by Crippen LogP contribution is 2.35. The third-order valence-corrected chi connectivity index (χ3v) is 6.82. The first-order valence-electron chi connectivity index (χ1n) is 12.8. The number of nitrogens with one attached hydrogen (secondary N) is 1. The number of hydrogen-bond donors (Lipinski definition) is 1. The van der Waals surface area contributed by atoms with Gasteiger partial charge in [-0.15, -0.1) is 0 Å². The molecule has 0 radical (unpaired) electrons. The van der Waals surface area contributed by atoms with Gasteiger partial charge in [-0.05, 0) is 57.8 Å². The molecule has 188 valence electrons. The molecule has 1 N–H and O–H groups in total. The van der Waals surface area contributed by atoms with E-state index in [1.54, 1.807) is 7.11 Å². The van der Waals surface area contributed by atoms with E-state index in [4.69, 9.17) is 9.47 Å². The van der Waals surface area contributed by atoms with Crippen molar-refractivity contribution in [2.75, 3.05) is 40.5 Å². The van der Waals surface area contributed by atoms with Crippen molar-refractivity contribution >= 4 is 5.91 Å². The summed E-state index contributed by atoms with van der Waals surface area (Å²) in [6.07, 6.45) is 8.94. The highest BCUT2D eigenvalue weighted by atomic mass is 16.5. The number of hydrogen-bond acceptors (Lipinski definition) is 5. The molecular formula is C27H42N4O3. The van der Waals surface area contributed by atoms with E-state index in [1.807, 2.05) is 41.4 Å². The van der Waals surface area contributed by atoms with Gasteiger partial charge >= 0.3 is 0 Å². The summed E-state index contributed by atoms with van der Waals surface area (Å²) in [5.41, 5.74) is 2.60. The van der Waals surface area contributed by atoms with Gasteiger partial charge in [-0.2, -0.15) is 5.10 Å². The van der Waals surface area contributed by atoms with Crippen LogP contribution in [0.3, 0.4) is 0 Å². The number of nitrogens with zero attached hydrogens (tertiary/aromatic N) is 3. The molecule has 1 aromatic heterocycles. The number of rotatable bonds is 14. The van der Waals surface area contributed by atoms with E-state index in [9.17, 15) is 4.79 Å². The topological polar surface area (TPSA) is 70.7 Å². The second-order valence-electron chi connectivity index (χ2n) is 9.40. The first-order chi connectivity index (χ1) is 16.6. The minimum absolute atomic E-state index is 0.149. The predicted octanol–water partition coefficient (Wildman–Crippen LogP) is 4.61. The molecule has 0 saturated heterocycles. The van der Waals surface area contributed by atoms with Gasteiger partial charge in [-0.25, -0.2) is 0 Å². The summed E-state index contributed by atoms with van der Waals surface area (Å²) >= 11 is 0. The molecule has 1 aromatic carbocycles. The fraction of sp³-hybridized carbons (Fsp3) is 0.630. The predicted molar refractivity (Wildman–Crippen MR) is 135 cm³/mol. The van der Waals surface area contributed by atoms with Crippen LogP contribution in [-0.4, -0.2) is 72.4 Å². The Kier molecular flexibility index (Phi) is 10.9. The van der Waals surface area contributed by atoms with Crippen molar-refractivity contribution in [1.29, 1.82) is 0 Å². The highest BCUT2D eigenvalue weighted by molar-refractivity contribution is 5.76. The van der Waals surface area contributed by atoms with E-state index in [1.165, 1.54) is 24.1 Å². The Morgan fingerprint density at radius 2 is 1.88 bits per heavy atom. The van der Waals surface area contributed by atoms with Gasteiger partial charge in [0, 0.05) is 43.4 Å². The summed E-state index contributed by atoms with van der Waals surface area (Å²) in [4.78, 5) is 17.5. The summed E-state index contributed by atoms with van der Waals surface area (Å²) in [5.74, 6) is 1.43. The van der Waals surface area contributed by atoms with E-state index >= 15 is 0 Å². The van der Waals surface area contributed by atoms with E-state index in [0.717, 1.165) is 44.5 Å². The third-order valence-electron chi connectivity index (χ3n) is 6.82. The van der Waals surface area contributed by atoms with Crippen molar-refractivity contribution < 1.29 is 14.3 Å². The number of methoxy groups -OCH3 is 1. The van der Waals surface area contributed by atoms with Crippen LogP contribution < -0.4 is 4.74 Å². The monoisotopic (exact) mass is 470 g/mol. The summed E-state index contributed by atoms with van der Waals surface area (Å²) in [7, 11) is 3.87. The molecular weight excluding hydrogens is 428 g/mol. The van der Waals surface area contributed by atoms with Crippen molar-refractivity contribution in [3.8, 4) is 5.75 Å².